The Morgan fingerprint density at radius 3 is 2.46 bits per heavy atom. The predicted octanol–water partition coefficient (Wildman–Crippen LogP) is -0.228. The maximum atomic E-state index is 8.89. The molecule has 1 aliphatic rings. The molecule has 0 amide bonds. The summed E-state index contributed by atoms with van der Waals surface area (Å²) in [4.78, 5) is 4.46. The van der Waals surface area contributed by atoms with Gasteiger partial charge in [-0.1, -0.05) is 0 Å². The quantitative estimate of drug-likeness (QED) is 0.606. The van der Waals surface area contributed by atoms with Gasteiger partial charge in [0.1, 0.15) is 6.04 Å². The van der Waals surface area contributed by atoms with Crippen LogP contribution in [0.2, 0.25) is 0 Å². The van der Waals surface area contributed by atoms with E-state index < -0.39 is 0 Å². The number of piperazine rings is 1. The Hall–Kier alpha value is -0.630. The second-order valence-electron chi connectivity index (χ2n) is 3.44. The molecule has 1 aliphatic heterocycles. The molecule has 0 radical (unpaired) electrons. The van der Waals surface area contributed by atoms with Gasteiger partial charge in [-0.25, -0.2) is 0 Å². The number of ether oxygens (including phenoxy) is 1. The van der Waals surface area contributed by atoms with Gasteiger partial charge in [-0.15, -0.1) is 0 Å². The standard InChI is InChI=1S/C9H17N3O/c1-11-3-5-12(6-4-11)9(7-10)8-13-2/h9H,3-6,8H2,1-2H3. The van der Waals surface area contributed by atoms with Crippen molar-refractivity contribution in [2.24, 2.45) is 0 Å². The van der Waals surface area contributed by atoms with E-state index in [9.17, 15) is 0 Å². The first-order chi connectivity index (χ1) is 6.27. The third-order valence-corrected chi connectivity index (χ3v) is 2.45. The molecule has 0 aromatic carbocycles. The minimum absolute atomic E-state index is 0.0706. The molecule has 1 unspecified atom stereocenters. The monoisotopic (exact) mass is 183 g/mol. The lowest BCUT2D eigenvalue weighted by molar-refractivity contribution is 0.0801. The summed E-state index contributed by atoms with van der Waals surface area (Å²) in [5.41, 5.74) is 0. The van der Waals surface area contributed by atoms with E-state index in [0.29, 0.717) is 6.61 Å². The van der Waals surface area contributed by atoms with E-state index in [2.05, 4.69) is 22.9 Å². The lowest BCUT2D eigenvalue weighted by Gasteiger charge is -2.34. The average molecular weight is 183 g/mol. The lowest BCUT2D eigenvalue weighted by atomic mass is 10.2. The maximum absolute atomic E-state index is 8.89. The van der Waals surface area contributed by atoms with Crippen molar-refractivity contribution in [1.82, 2.24) is 9.80 Å². The molecule has 0 aromatic rings. The first-order valence-electron chi connectivity index (χ1n) is 4.59. The highest BCUT2D eigenvalue weighted by Gasteiger charge is 2.21. The molecule has 0 aliphatic carbocycles. The van der Waals surface area contributed by atoms with Crippen LogP contribution in [0.3, 0.4) is 0 Å². The van der Waals surface area contributed by atoms with Gasteiger partial charge in [0, 0.05) is 33.3 Å². The molecular formula is C9H17N3O. The number of hydrogen-bond donors (Lipinski definition) is 0. The number of methoxy groups -OCH3 is 1. The van der Waals surface area contributed by atoms with Gasteiger partial charge in [0.15, 0.2) is 0 Å². The topological polar surface area (TPSA) is 39.5 Å². The first-order valence-corrected chi connectivity index (χ1v) is 4.59. The minimum Gasteiger partial charge on any atom is -0.382 e. The Kier molecular flexibility index (Phi) is 4.16. The molecule has 4 nitrogen and oxygen atoms in total. The Morgan fingerprint density at radius 1 is 1.38 bits per heavy atom. The molecule has 1 atom stereocenters. The van der Waals surface area contributed by atoms with Crippen molar-refractivity contribution in [2.45, 2.75) is 6.04 Å². The van der Waals surface area contributed by atoms with Crippen LogP contribution < -0.4 is 0 Å². The molecule has 0 N–H and O–H groups in total. The molecule has 0 aromatic heterocycles. The highest BCUT2D eigenvalue weighted by molar-refractivity contribution is 4.93. The molecule has 4 heteroatoms. The van der Waals surface area contributed by atoms with Crippen molar-refractivity contribution < 1.29 is 4.74 Å². The molecule has 1 fully saturated rings. The van der Waals surface area contributed by atoms with Crippen molar-refractivity contribution in [3.63, 3.8) is 0 Å². The number of hydrogen-bond acceptors (Lipinski definition) is 4. The summed E-state index contributed by atoms with van der Waals surface area (Å²) in [6, 6.07) is 2.20. The molecule has 1 rings (SSSR count). The van der Waals surface area contributed by atoms with Crippen LogP contribution in [0.4, 0.5) is 0 Å². The largest absolute Gasteiger partial charge is 0.382 e. The zero-order valence-corrected chi connectivity index (χ0v) is 8.36. The molecule has 1 saturated heterocycles. The van der Waals surface area contributed by atoms with Gasteiger partial charge in [0.05, 0.1) is 12.7 Å². The van der Waals surface area contributed by atoms with Crippen LogP contribution in [0.1, 0.15) is 0 Å². The summed E-state index contributed by atoms with van der Waals surface area (Å²) in [5, 5.41) is 8.89. The Morgan fingerprint density at radius 2 is 2.00 bits per heavy atom. The van der Waals surface area contributed by atoms with Crippen LogP contribution in [0, 0.1) is 11.3 Å². The van der Waals surface area contributed by atoms with Gasteiger partial charge in [0.2, 0.25) is 0 Å². The summed E-state index contributed by atoms with van der Waals surface area (Å²) in [7, 11) is 3.75. The Balaban J connectivity index is 2.38. The third kappa shape index (κ3) is 2.96. The van der Waals surface area contributed by atoms with E-state index in [4.69, 9.17) is 10.00 Å². The minimum atomic E-state index is -0.0706. The second-order valence-corrected chi connectivity index (χ2v) is 3.44. The number of nitriles is 1. The lowest BCUT2D eigenvalue weighted by Crippen LogP contribution is -2.49. The van der Waals surface area contributed by atoms with Crippen LogP contribution in [0.15, 0.2) is 0 Å². The zero-order chi connectivity index (χ0) is 9.68. The van der Waals surface area contributed by atoms with Gasteiger partial charge >= 0.3 is 0 Å². The van der Waals surface area contributed by atoms with Gasteiger partial charge in [-0.05, 0) is 7.05 Å². The molecule has 0 bridgehead atoms. The molecule has 1 heterocycles. The summed E-state index contributed by atoms with van der Waals surface area (Å²) in [6.07, 6.45) is 0. The summed E-state index contributed by atoms with van der Waals surface area (Å²) in [5.74, 6) is 0. The molecule has 0 saturated carbocycles. The summed E-state index contributed by atoms with van der Waals surface area (Å²) < 4.78 is 5.00. The summed E-state index contributed by atoms with van der Waals surface area (Å²) in [6.45, 7) is 4.54. The van der Waals surface area contributed by atoms with Crippen molar-refractivity contribution >= 4 is 0 Å². The SMILES string of the molecule is COCC(C#N)N1CCN(C)CC1. The number of likely N-dealkylation sites (N-methyl/N-ethyl adjacent to an activating group) is 1. The average Bonchev–Trinajstić information content (AvgIpc) is 2.16. The van der Waals surface area contributed by atoms with Crippen molar-refractivity contribution in [1.29, 1.82) is 5.26 Å². The number of rotatable bonds is 3. The molecule has 0 spiro atoms. The fourth-order valence-corrected chi connectivity index (χ4v) is 1.52. The zero-order valence-electron chi connectivity index (χ0n) is 8.36. The second kappa shape index (κ2) is 5.18. The smallest absolute Gasteiger partial charge is 0.121 e. The highest BCUT2D eigenvalue weighted by Crippen LogP contribution is 2.04. The summed E-state index contributed by atoms with van der Waals surface area (Å²) >= 11 is 0. The van der Waals surface area contributed by atoms with E-state index >= 15 is 0 Å². The normalized spacial score (nSPS) is 22.5. The van der Waals surface area contributed by atoms with Crippen LogP contribution in [-0.4, -0.2) is 62.8 Å². The molecule has 74 valence electrons. The highest BCUT2D eigenvalue weighted by atomic mass is 16.5. The third-order valence-electron chi connectivity index (χ3n) is 2.45. The fraction of sp³-hybridized carbons (Fsp3) is 0.889. The van der Waals surface area contributed by atoms with Gasteiger partial charge in [0.25, 0.3) is 0 Å². The van der Waals surface area contributed by atoms with E-state index in [1.165, 1.54) is 0 Å². The van der Waals surface area contributed by atoms with E-state index in [1.807, 2.05) is 0 Å². The van der Waals surface area contributed by atoms with Crippen LogP contribution in [-0.2, 0) is 4.74 Å². The van der Waals surface area contributed by atoms with Crippen molar-refractivity contribution in [2.75, 3.05) is 46.9 Å². The van der Waals surface area contributed by atoms with Gasteiger partial charge in [-0.2, -0.15) is 5.26 Å². The molecule has 13 heavy (non-hydrogen) atoms. The maximum Gasteiger partial charge on any atom is 0.121 e. The fourth-order valence-electron chi connectivity index (χ4n) is 1.52. The predicted molar refractivity (Wildman–Crippen MR) is 50.3 cm³/mol. The van der Waals surface area contributed by atoms with Gasteiger partial charge < -0.3 is 9.64 Å². The van der Waals surface area contributed by atoms with E-state index in [1.54, 1.807) is 7.11 Å². The van der Waals surface area contributed by atoms with Gasteiger partial charge in [-0.3, -0.25) is 4.90 Å². The Bertz CT molecular complexity index is 182. The van der Waals surface area contributed by atoms with E-state index in [0.717, 1.165) is 26.2 Å². The first kappa shape index (κ1) is 10.5. The van der Waals surface area contributed by atoms with E-state index in [-0.39, 0.29) is 6.04 Å². The van der Waals surface area contributed by atoms with Crippen LogP contribution in [0.5, 0.6) is 0 Å². The Labute approximate surface area is 79.7 Å². The van der Waals surface area contributed by atoms with Crippen molar-refractivity contribution in [3.8, 4) is 6.07 Å². The van der Waals surface area contributed by atoms with Crippen LogP contribution in [0.25, 0.3) is 0 Å². The number of nitrogens with zero attached hydrogens (tertiary/aromatic N) is 3. The molecular weight excluding hydrogens is 166 g/mol. The van der Waals surface area contributed by atoms with Crippen molar-refractivity contribution in [3.05, 3.63) is 0 Å². The van der Waals surface area contributed by atoms with Crippen LogP contribution >= 0.6 is 0 Å².